The lowest BCUT2D eigenvalue weighted by Gasteiger charge is -2.23. The van der Waals surface area contributed by atoms with Crippen molar-refractivity contribution in [3.63, 3.8) is 0 Å². The molecule has 1 unspecified atom stereocenters. The van der Waals surface area contributed by atoms with Crippen molar-refractivity contribution in [1.29, 1.82) is 0 Å². The van der Waals surface area contributed by atoms with Crippen LogP contribution in [-0.4, -0.2) is 11.7 Å². The largest absolute Gasteiger partial charge is 0.456 e. The second-order valence-electron chi connectivity index (χ2n) is 13.0. The molecular formula is C45H27N3O2S. The quantitative estimate of drug-likeness (QED) is 0.202. The van der Waals surface area contributed by atoms with Crippen LogP contribution in [0.1, 0.15) is 22.9 Å². The molecule has 0 saturated heterocycles. The molecule has 4 heterocycles. The van der Waals surface area contributed by atoms with Gasteiger partial charge in [-0.3, -0.25) is 0 Å². The average molecular weight is 674 g/mol. The first kappa shape index (κ1) is 28.3. The Balaban J connectivity index is 1.05. The van der Waals surface area contributed by atoms with Gasteiger partial charge in [0, 0.05) is 47.3 Å². The fraction of sp³-hybridized carbons (Fsp3) is 0.0222. The Bertz CT molecular complexity index is 3070. The molecule has 1 aliphatic heterocycles. The minimum Gasteiger partial charge on any atom is -0.456 e. The van der Waals surface area contributed by atoms with Gasteiger partial charge >= 0.3 is 0 Å². The molecule has 0 bridgehead atoms. The van der Waals surface area contributed by atoms with Crippen LogP contribution in [-0.2, 0) is 0 Å². The van der Waals surface area contributed by atoms with E-state index in [1.165, 1.54) is 20.2 Å². The van der Waals surface area contributed by atoms with E-state index in [4.69, 9.17) is 18.8 Å². The fourth-order valence-corrected chi connectivity index (χ4v) is 8.54. The first-order valence-corrected chi connectivity index (χ1v) is 17.8. The highest BCUT2D eigenvalue weighted by Gasteiger charge is 2.24. The zero-order valence-electron chi connectivity index (χ0n) is 27.1. The molecule has 1 N–H and O–H groups in total. The summed E-state index contributed by atoms with van der Waals surface area (Å²) >= 11 is 1.82. The number of rotatable bonds is 4. The van der Waals surface area contributed by atoms with Crippen LogP contribution in [0.4, 0.5) is 0 Å². The molecule has 0 spiro atoms. The van der Waals surface area contributed by atoms with Crippen LogP contribution in [0.2, 0.25) is 0 Å². The molecule has 51 heavy (non-hydrogen) atoms. The molecule has 1 aliphatic rings. The van der Waals surface area contributed by atoms with Crippen molar-refractivity contribution in [2.24, 2.45) is 9.98 Å². The summed E-state index contributed by atoms with van der Waals surface area (Å²) in [7, 11) is 0. The molecule has 5 nitrogen and oxygen atoms in total. The Kier molecular flexibility index (Phi) is 6.12. The highest BCUT2D eigenvalue weighted by Crippen LogP contribution is 2.39. The molecule has 0 fully saturated rings. The topological polar surface area (TPSA) is 63.0 Å². The van der Waals surface area contributed by atoms with E-state index in [0.717, 1.165) is 77.5 Å². The molecule has 0 amide bonds. The predicted octanol–water partition coefficient (Wildman–Crippen LogP) is 12.0. The molecule has 10 aromatic rings. The molecule has 6 heteroatoms. The van der Waals surface area contributed by atoms with Gasteiger partial charge in [-0.15, -0.1) is 11.3 Å². The summed E-state index contributed by atoms with van der Waals surface area (Å²) in [5.41, 5.74) is 8.50. The number of hydrogen-bond donors (Lipinski definition) is 1. The number of furan rings is 2. The molecule has 1 atom stereocenters. The number of benzene rings is 7. The summed E-state index contributed by atoms with van der Waals surface area (Å²) in [6.45, 7) is 0. The maximum Gasteiger partial charge on any atom is 0.163 e. The Hall–Kier alpha value is -6.50. The van der Waals surface area contributed by atoms with E-state index in [9.17, 15) is 0 Å². The summed E-state index contributed by atoms with van der Waals surface area (Å²) in [6.07, 6.45) is -0.337. The second-order valence-corrected chi connectivity index (χ2v) is 14.1. The highest BCUT2D eigenvalue weighted by molar-refractivity contribution is 7.25. The van der Waals surface area contributed by atoms with Crippen LogP contribution in [0.3, 0.4) is 0 Å². The highest BCUT2D eigenvalue weighted by atomic mass is 32.1. The number of amidine groups is 2. The third kappa shape index (κ3) is 4.54. The lowest BCUT2D eigenvalue weighted by atomic mass is 10.0. The van der Waals surface area contributed by atoms with E-state index in [-0.39, 0.29) is 6.17 Å². The van der Waals surface area contributed by atoms with Crippen LogP contribution in [0.5, 0.6) is 0 Å². The lowest BCUT2D eigenvalue weighted by molar-refractivity contribution is 0.663. The molecule has 0 aliphatic carbocycles. The molecule has 0 saturated carbocycles. The van der Waals surface area contributed by atoms with Gasteiger partial charge in [-0.25, -0.2) is 9.98 Å². The number of para-hydroxylation sites is 2. The van der Waals surface area contributed by atoms with E-state index < -0.39 is 0 Å². The van der Waals surface area contributed by atoms with E-state index in [0.29, 0.717) is 5.84 Å². The first-order valence-electron chi connectivity index (χ1n) is 17.0. The van der Waals surface area contributed by atoms with Gasteiger partial charge in [0.2, 0.25) is 0 Å². The Labute approximate surface area is 295 Å². The Morgan fingerprint density at radius 3 is 2.18 bits per heavy atom. The summed E-state index contributed by atoms with van der Waals surface area (Å²) in [5, 5.41) is 10.5. The minimum absolute atomic E-state index is 0.337. The van der Waals surface area contributed by atoms with Gasteiger partial charge in [0.1, 0.15) is 34.3 Å². The van der Waals surface area contributed by atoms with Crippen molar-refractivity contribution >= 4 is 87.1 Å². The molecule has 240 valence electrons. The van der Waals surface area contributed by atoms with Gasteiger partial charge in [0.05, 0.1) is 5.56 Å². The van der Waals surface area contributed by atoms with Gasteiger partial charge in [0.15, 0.2) is 5.84 Å². The van der Waals surface area contributed by atoms with E-state index in [1.807, 2.05) is 47.7 Å². The van der Waals surface area contributed by atoms with Crippen molar-refractivity contribution in [2.75, 3.05) is 0 Å². The molecule has 7 aromatic carbocycles. The van der Waals surface area contributed by atoms with Crippen LogP contribution in [0.25, 0.3) is 75.2 Å². The number of hydrogen-bond acceptors (Lipinski definition) is 6. The third-order valence-electron chi connectivity index (χ3n) is 9.96. The van der Waals surface area contributed by atoms with Crippen molar-refractivity contribution in [1.82, 2.24) is 5.32 Å². The zero-order valence-corrected chi connectivity index (χ0v) is 27.9. The zero-order chi connectivity index (χ0) is 33.5. The minimum atomic E-state index is -0.337. The van der Waals surface area contributed by atoms with Gasteiger partial charge in [0.25, 0.3) is 0 Å². The molecule has 0 radical (unpaired) electrons. The van der Waals surface area contributed by atoms with Gasteiger partial charge in [-0.1, -0.05) is 97.1 Å². The summed E-state index contributed by atoms with van der Waals surface area (Å²) in [4.78, 5) is 10.4. The van der Waals surface area contributed by atoms with Crippen LogP contribution < -0.4 is 5.32 Å². The van der Waals surface area contributed by atoms with Crippen LogP contribution in [0, 0.1) is 0 Å². The maximum atomic E-state index is 6.73. The van der Waals surface area contributed by atoms with Crippen LogP contribution >= 0.6 is 11.3 Å². The number of nitrogens with zero attached hydrogens (tertiary/aromatic N) is 2. The van der Waals surface area contributed by atoms with Crippen molar-refractivity contribution in [3.05, 3.63) is 168 Å². The maximum absolute atomic E-state index is 6.73. The summed E-state index contributed by atoms with van der Waals surface area (Å²) in [6, 6.07) is 52.7. The Morgan fingerprint density at radius 2 is 1.24 bits per heavy atom. The monoisotopic (exact) mass is 673 g/mol. The SMILES string of the molecule is c1ccc(C2=NC(c3cccc4c3oc3cc(-c5ccc6oc7ccccc7c6c5)ccc34)=NC(c3ccc4sc5ccccc5c4c3)N2)cc1. The molecular weight excluding hydrogens is 647 g/mol. The van der Waals surface area contributed by atoms with E-state index in [1.54, 1.807) is 0 Å². The van der Waals surface area contributed by atoms with Crippen molar-refractivity contribution < 1.29 is 8.83 Å². The summed E-state index contributed by atoms with van der Waals surface area (Å²) in [5.74, 6) is 1.41. The molecule has 11 rings (SSSR count). The van der Waals surface area contributed by atoms with Crippen molar-refractivity contribution in [3.8, 4) is 11.1 Å². The Morgan fingerprint density at radius 1 is 0.490 bits per heavy atom. The normalized spacial score (nSPS) is 14.9. The predicted molar refractivity (Wildman–Crippen MR) is 211 cm³/mol. The number of nitrogens with one attached hydrogen (secondary N) is 1. The fourth-order valence-electron chi connectivity index (χ4n) is 7.46. The number of aliphatic imine (C=N–C) groups is 2. The number of fused-ring (bicyclic) bond motifs is 9. The lowest BCUT2D eigenvalue weighted by Crippen LogP contribution is -2.33. The van der Waals surface area contributed by atoms with Gasteiger partial charge in [-0.05, 0) is 71.3 Å². The first-order chi connectivity index (χ1) is 25.2. The standard InChI is InChI=1S/C45H27N3O2S/c1-2-9-26(10-3-1)43-46-44(29-19-22-41-36(24-29)32-12-5-7-16-40(32)51-41)48-45(47-43)34-14-8-13-33-31-20-17-28(25-39(31)50-42(33)34)27-18-21-38-35(23-27)30-11-4-6-15-37(30)49-38/h1-25,44H,(H,46,47,48). The molecule has 3 aromatic heterocycles. The summed E-state index contributed by atoms with van der Waals surface area (Å²) < 4.78 is 15.4. The van der Waals surface area contributed by atoms with Crippen molar-refractivity contribution in [2.45, 2.75) is 6.17 Å². The van der Waals surface area contributed by atoms with E-state index in [2.05, 4.69) is 121 Å². The number of thiophene rings is 1. The average Bonchev–Trinajstić information content (AvgIpc) is 3.88. The van der Waals surface area contributed by atoms with Crippen LogP contribution in [0.15, 0.2) is 170 Å². The second kappa shape index (κ2) is 11.0. The van der Waals surface area contributed by atoms with Gasteiger partial charge in [-0.2, -0.15) is 0 Å². The van der Waals surface area contributed by atoms with E-state index >= 15 is 0 Å². The smallest absolute Gasteiger partial charge is 0.163 e. The van der Waals surface area contributed by atoms with Gasteiger partial charge < -0.3 is 14.2 Å². The third-order valence-corrected chi connectivity index (χ3v) is 11.1.